The number of piperidine rings is 1. The summed E-state index contributed by atoms with van der Waals surface area (Å²) in [5, 5.41) is 8.77. The third-order valence-corrected chi connectivity index (χ3v) is 3.38. The first-order valence-corrected chi connectivity index (χ1v) is 6.03. The molecule has 1 aliphatic rings. The molecule has 0 spiro atoms. The van der Waals surface area contributed by atoms with Gasteiger partial charge in [0.25, 0.3) is 0 Å². The molecule has 1 saturated heterocycles. The molecule has 0 radical (unpaired) electrons. The number of rotatable bonds is 5. The van der Waals surface area contributed by atoms with E-state index in [2.05, 4.69) is 0 Å². The van der Waals surface area contributed by atoms with Gasteiger partial charge in [0.1, 0.15) is 6.61 Å². The first-order valence-electron chi connectivity index (χ1n) is 6.03. The van der Waals surface area contributed by atoms with Crippen LogP contribution in [0.3, 0.4) is 0 Å². The van der Waals surface area contributed by atoms with E-state index >= 15 is 0 Å². The van der Waals surface area contributed by atoms with E-state index in [1.165, 1.54) is 7.11 Å². The van der Waals surface area contributed by atoms with Gasteiger partial charge in [-0.2, -0.15) is 0 Å². The van der Waals surface area contributed by atoms with Gasteiger partial charge in [-0.3, -0.25) is 9.59 Å². The highest BCUT2D eigenvalue weighted by molar-refractivity contribution is 5.77. The average molecular weight is 243 g/mol. The molecule has 1 amide bonds. The standard InChI is InChI=1S/C12H21NO4/c1-9(6-12(15)16)10-4-3-5-13(7-10)11(14)8-17-2/h9-10H,3-8H2,1-2H3,(H,15,16). The fraction of sp³-hybridized carbons (Fsp3) is 0.833. The van der Waals surface area contributed by atoms with Gasteiger partial charge >= 0.3 is 5.97 Å². The van der Waals surface area contributed by atoms with Crippen LogP contribution in [0.4, 0.5) is 0 Å². The van der Waals surface area contributed by atoms with E-state index in [1.807, 2.05) is 6.92 Å². The summed E-state index contributed by atoms with van der Waals surface area (Å²) in [6.45, 7) is 3.48. The third kappa shape index (κ3) is 4.34. The van der Waals surface area contributed by atoms with Crippen LogP contribution >= 0.6 is 0 Å². The Balaban J connectivity index is 2.48. The Kier molecular flexibility index (Phi) is 5.41. The van der Waals surface area contributed by atoms with Crippen molar-refractivity contribution >= 4 is 11.9 Å². The molecule has 2 unspecified atom stereocenters. The molecular formula is C12H21NO4. The Morgan fingerprint density at radius 1 is 1.53 bits per heavy atom. The van der Waals surface area contributed by atoms with Crippen molar-refractivity contribution in [2.45, 2.75) is 26.2 Å². The third-order valence-electron chi connectivity index (χ3n) is 3.38. The number of carboxylic acid groups (broad SMARTS) is 1. The molecule has 0 aromatic rings. The van der Waals surface area contributed by atoms with Crippen LogP contribution in [-0.2, 0) is 14.3 Å². The highest BCUT2D eigenvalue weighted by atomic mass is 16.5. The molecule has 98 valence electrons. The van der Waals surface area contributed by atoms with E-state index in [0.29, 0.717) is 12.5 Å². The molecule has 5 heteroatoms. The van der Waals surface area contributed by atoms with Crippen molar-refractivity contribution in [3.63, 3.8) is 0 Å². The highest BCUT2D eigenvalue weighted by Gasteiger charge is 2.28. The minimum Gasteiger partial charge on any atom is -0.481 e. The van der Waals surface area contributed by atoms with E-state index in [9.17, 15) is 9.59 Å². The van der Waals surface area contributed by atoms with Gasteiger partial charge in [0.05, 0.1) is 0 Å². The van der Waals surface area contributed by atoms with Crippen LogP contribution in [0.2, 0.25) is 0 Å². The summed E-state index contributed by atoms with van der Waals surface area (Å²) in [5.74, 6) is -0.358. The second-order valence-corrected chi connectivity index (χ2v) is 4.75. The zero-order valence-electron chi connectivity index (χ0n) is 10.5. The minimum absolute atomic E-state index is 0.000255. The van der Waals surface area contributed by atoms with Crippen molar-refractivity contribution in [3.05, 3.63) is 0 Å². The molecule has 1 aliphatic heterocycles. The van der Waals surface area contributed by atoms with Gasteiger partial charge in [-0.25, -0.2) is 0 Å². The molecule has 5 nitrogen and oxygen atoms in total. The maximum atomic E-state index is 11.7. The molecule has 0 saturated carbocycles. The maximum absolute atomic E-state index is 11.7. The predicted molar refractivity (Wildman–Crippen MR) is 62.6 cm³/mol. The number of carbonyl (C=O) groups excluding carboxylic acids is 1. The minimum atomic E-state index is -0.766. The van der Waals surface area contributed by atoms with Gasteiger partial charge in [-0.15, -0.1) is 0 Å². The predicted octanol–water partition coefficient (Wildman–Crippen LogP) is 0.982. The number of hydrogen-bond donors (Lipinski definition) is 1. The van der Waals surface area contributed by atoms with Gasteiger partial charge < -0.3 is 14.7 Å². The Labute approximate surface area is 102 Å². The summed E-state index contributed by atoms with van der Waals surface area (Å²) >= 11 is 0. The van der Waals surface area contributed by atoms with E-state index in [4.69, 9.17) is 9.84 Å². The number of likely N-dealkylation sites (tertiary alicyclic amines) is 1. The van der Waals surface area contributed by atoms with Crippen LogP contribution in [0, 0.1) is 11.8 Å². The second-order valence-electron chi connectivity index (χ2n) is 4.75. The normalized spacial score (nSPS) is 22.2. The first-order chi connectivity index (χ1) is 8.04. The smallest absolute Gasteiger partial charge is 0.303 e. The number of methoxy groups -OCH3 is 1. The summed E-state index contributed by atoms with van der Waals surface area (Å²) < 4.78 is 4.83. The summed E-state index contributed by atoms with van der Waals surface area (Å²) in [4.78, 5) is 24.1. The van der Waals surface area contributed by atoms with Crippen LogP contribution in [0.5, 0.6) is 0 Å². The average Bonchev–Trinajstić information content (AvgIpc) is 2.28. The molecule has 1 N–H and O–H groups in total. The van der Waals surface area contributed by atoms with Gasteiger partial charge in [0.2, 0.25) is 5.91 Å². The fourth-order valence-corrected chi connectivity index (χ4v) is 2.36. The second kappa shape index (κ2) is 6.59. The lowest BCUT2D eigenvalue weighted by molar-refractivity contribution is -0.139. The molecule has 1 rings (SSSR count). The van der Waals surface area contributed by atoms with Crippen molar-refractivity contribution in [2.75, 3.05) is 26.8 Å². The largest absolute Gasteiger partial charge is 0.481 e. The van der Waals surface area contributed by atoms with Crippen molar-refractivity contribution in [1.82, 2.24) is 4.90 Å². The number of aliphatic carboxylic acids is 1. The number of hydrogen-bond acceptors (Lipinski definition) is 3. The zero-order chi connectivity index (χ0) is 12.8. The monoisotopic (exact) mass is 243 g/mol. The Hall–Kier alpha value is -1.10. The van der Waals surface area contributed by atoms with Crippen LogP contribution in [-0.4, -0.2) is 48.7 Å². The lowest BCUT2D eigenvalue weighted by Gasteiger charge is -2.35. The van der Waals surface area contributed by atoms with E-state index < -0.39 is 5.97 Å². The Bertz CT molecular complexity index is 280. The highest BCUT2D eigenvalue weighted by Crippen LogP contribution is 2.26. The molecule has 1 fully saturated rings. The number of carboxylic acids is 1. The van der Waals surface area contributed by atoms with Crippen molar-refractivity contribution in [2.24, 2.45) is 11.8 Å². The first kappa shape index (κ1) is 14.0. The van der Waals surface area contributed by atoms with E-state index in [0.717, 1.165) is 19.4 Å². The van der Waals surface area contributed by atoms with Crippen LogP contribution in [0.1, 0.15) is 26.2 Å². The fourth-order valence-electron chi connectivity index (χ4n) is 2.36. The Morgan fingerprint density at radius 2 is 2.24 bits per heavy atom. The van der Waals surface area contributed by atoms with Gasteiger partial charge in [-0.1, -0.05) is 6.92 Å². The van der Waals surface area contributed by atoms with Gasteiger partial charge in [-0.05, 0) is 24.7 Å². The molecule has 1 heterocycles. The summed E-state index contributed by atoms with van der Waals surface area (Å²) in [5.41, 5.74) is 0. The molecule has 0 aromatic carbocycles. The quantitative estimate of drug-likeness (QED) is 0.781. The van der Waals surface area contributed by atoms with Crippen molar-refractivity contribution in [3.8, 4) is 0 Å². The lowest BCUT2D eigenvalue weighted by Crippen LogP contribution is -2.43. The Morgan fingerprint density at radius 3 is 2.82 bits per heavy atom. The van der Waals surface area contributed by atoms with Crippen molar-refractivity contribution < 1.29 is 19.4 Å². The SMILES string of the molecule is COCC(=O)N1CCCC(C(C)CC(=O)O)C1. The summed E-state index contributed by atoms with van der Waals surface area (Å²) in [7, 11) is 1.51. The number of ether oxygens (including phenoxy) is 1. The number of amides is 1. The molecule has 2 atom stereocenters. The molecule has 0 bridgehead atoms. The van der Waals surface area contributed by atoms with Gasteiger partial charge in [0, 0.05) is 26.6 Å². The topological polar surface area (TPSA) is 66.8 Å². The van der Waals surface area contributed by atoms with Crippen LogP contribution < -0.4 is 0 Å². The lowest BCUT2D eigenvalue weighted by atomic mass is 9.84. The number of carbonyl (C=O) groups is 2. The van der Waals surface area contributed by atoms with Crippen LogP contribution in [0.15, 0.2) is 0 Å². The number of nitrogens with zero attached hydrogens (tertiary/aromatic N) is 1. The van der Waals surface area contributed by atoms with Crippen LogP contribution in [0.25, 0.3) is 0 Å². The van der Waals surface area contributed by atoms with E-state index in [1.54, 1.807) is 4.90 Å². The zero-order valence-corrected chi connectivity index (χ0v) is 10.5. The molecular weight excluding hydrogens is 222 g/mol. The summed E-state index contributed by atoms with van der Waals surface area (Å²) in [6, 6.07) is 0. The maximum Gasteiger partial charge on any atom is 0.303 e. The molecule has 17 heavy (non-hydrogen) atoms. The molecule has 0 aromatic heterocycles. The molecule has 0 aliphatic carbocycles. The van der Waals surface area contributed by atoms with E-state index in [-0.39, 0.29) is 24.9 Å². The summed E-state index contributed by atoms with van der Waals surface area (Å²) in [6.07, 6.45) is 2.13. The van der Waals surface area contributed by atoms with Crippen molar-refractivity contribution in [1.29, 1.82) is 0 Å². The van der Waals surface area contributed by atoms with Gasteiger partial charge in [0.15, 0.2) is 0 Å².